The second kappa shape index (κ2) is 7.17. The van der Waals surface area contributed by atoms with E-state index in [1.807, 2.05) is 11.8 Å². The van der Waals surface area contributed by atoms with Gasteiger partial charge in [0.15, 0.2) is 0 Å². The summed E-state index contributed by atoms with van der Waals surface area (Å²) in [4.78, 5) is 4.08. The zero-order valence-corrected chi connectivity index (χ0v) is 14.2. The number of nitrogens with zero attached hydrogens (tertiary/aromatic N) is 1. The first kappa shape index (κ1) is 15.4. The van der Waals surface area contributed by atoms with E-state index in [9.17, 15) is 0 Å². The topological polar surface area (TPSA) is 15.3 Å². The van der Waals surface area contributed by atoms with Crippen molar-refractivity contribution < 1.29 is 0 Å². The van der Waals surface area contributed by atoms with E-state index in [4.69, 9.17) is 0 Å². The third-order valence-corrected chi connectivity index (χ3v) is 6.15. The van der Waals surface area contributed by atoms with E-state index in [2.05, 4.69) is 47.7 Å². The maximum absolute atomic E-state index is 3.68. The molecule has 0 aliphatic carbocycles. The van der Waals surface area contributed by atoms with Crippen molar-refractivity contribution >= 4 is 11.8 Å². The number of piperidine rings is 3. The molecule has 21 heavy (non-hydrogen) atoms. The third-order valence-electron chi connectivity index (χ3n) is 5.41. The number of fused-ring (bicyclic) bond motifs is 3. The molecule has 4 rings (SSSR count). The van der Waals surface area contributed by atoms with Gasteiger partial charge in [0.25, 0.3) is 0 Å². The molecule has 116 valence electrons. The predicted octanol–water partition coefficient (Wildman–Crippen LogP) is 3.62. The Labute approximate surface area is 133 Å². The third kappa shape index (κ3) is 3.64. The van der Waals surface area contributed by atoms with E-state index < -0.39 is 0 Å². The first-order chi connectivity index (χ1) is 10.3. The predicted molar refractivity (Wildman–Crippen MR) is 91.8 cm³/mol. The molecule has 3 fully saturated rings. The summed E-state index contributed by atoms with van der Waals surface area (Å²) < 4.78 is 0. The largest absolute Gasteiger partial charge is 0.311 e. The van der Waals surface area contributed by atoms with Gasteiger partial charge in [0, 0.05) is 30.6 Å². The molecule has 2 bridgehead atoms. The summed E-state index contributed by atoms with van der Waals surface area (Å²) in [6.45, 7) is 7.18. The van der Waals surface area contributed by atoms with Gasteiger partial charge < -0.3 is 5.32 Å². The molecule has 0 radical (unpaired) electrons. The Balaban J connectivity index is 1.45. The molecule has 0 aromatic heterocycles. The molecule has 3 aliphatic heterocycles. The lowest BCUT2D eigenvalue weighted by molar-refractivity contribution is 0.000333. The highest BCUT2D eigenvalue weighted by molar-refractivity contribution is 7.98. The van der Waals surface area contributed by atoms with Crippen LogP contribution in [-0.4, -0.2) is 36.8 Å². The maximum atomic E-state index is 3.68. The Morgan fingerprint density at radius 3 is 2.71 bits per heavy atom. The summed E-state index contributed by atoms with van der Waals surface area (Å²) in [6, 6.07) is 9.72. The molecule has 0 saturated carbocycles. The van der Waals surface area contributed by atoms with Gasteiger partial charge in [-0.1, -0.05) is 25.5 Å². The normalized spacial score (nSPS) is 31.5. The maximum Gasteiger partial charge on any atom is 0.0223 e. The van der Waals surface area contributed by atoms with Crippen molar-refractivity contribution in [1.82, 2.24) is 10.2 Å². The second-order valence-electron chi connectivity index (χ2n) is 6.58. The number of thioether (sulfide) groups is 1. The Morgan fingerprint density at radius 2 is 2.10 bits per heavy atom. The van der Waals surface area contributed by atoms with Crippen LogP contribution in [0.5, 0.6) is 0 Å². The Kier molecular flexibility index (Phi) is 5.25. The number of benzene rings is 1. The van der Waals surface area contributed by atoms with E-state index in [0.29, 0.717) is 0 Å². The van der Waals surface area contributed by atoms with E-state index in [-0.39, 0.29) is 0 Å². The van der Waals surface area contributed by atoms with Crippen LogP contribution in [0, 0.1) is 11.8 Å². The fraction of sp³-hybridized carbons (Fsp3) is 0.667. The molecule has 1 aromatic rings. The average molecular weight is 305 g/mol. The van der Waals surface area contributed by atoms with Crippen molar-refractivity contribution in [1.29, 1.82) is 0 Å². The summed E-state index contributed by atoms with van der Waals surface area (Å²) in [5.41, 5.74) is 1.40. The van der Waals surface area contributed by atoms with Gasteiger partial charge in [-0.3, -0.25) is 4.90 Å². The highest BCUT2D eigenvalue weighted by atomic mass is 32.2. The van der Waals surface area contributed by atoms with Crippen molar-refractivity contribution in [2.75, 3.05) is 25.9 Å². The molecule has 1 N–H and O–H groups in total. The number of nitrogens with one attached hydrogen (secondary N) is 1. The van der Waals surface area contributed by atoms with Crippen LogP contribution in [0.1, 0.15) is 31.7 Å². The number of hydrogen-bond donors (Lipinski definition) is 1. The molecular weight excluding hydrogens is 276 g/mol. The lowest BCUT2D eigenvalue weighted by atomic mass is 9.74. The highest BCUT2D eigenvalue weighted by Crippen LogP contribution is 2.37. The van der Waals surface area contributed by atoms with Gasteiger partial charge in [0.05, 0.1) is 0 Å². The lowest BCUT2D eigenvalue weighted by Crippen LogP contribution is -2.56. The highest BCUT2D eigenvalue weighted by Gasteiger charge is 2.38. The van der Waals surface area contributed by atoms with E-state index in [1.165, 1.54) is 42.8 Å². The van der Waals surface area contributed by atoms with Crippen LogP contribution in [-0.2, 0) is 6.54 Å². The summed E-state index contributed by atoms with van der Waals surface area (Å²) in [5.74, 6) is 1.96. The van der Waals surface area contributed by atoms with E-state index in [1.54, 1.807) is 0 Å². The van der Waals surface area contributed by atoms with E-state index in [0.717, 1.165) is 31.0 Å². The zero-order chi connectivity index (χ0) is 14.7. The first-order valence-corrected chi connectivity index (χ1v) is 9.60. The van der Waals surface area contributed by atoms with Gasteiger partial charge in [-0.25, -0.2) is 0 Å². The Morgan fingerprint density at radius 1 is 1.29 bits per heavy atom. The minimum atomic E-state index is 0.775. The molecule has 1 aromatic carbocycles. The SMILES string of the molecule is CC[C@@H]1CN2CC[C@H]1C[C@@H]2CNCc1ccc(SC)cc1. The molecular formula is C18H28N2S. The Bertz CT molecular complexity index is 445. The van der Waals surface area contributed by atoms with Crippen LogP contribution < -0.4 is 5.32 Å². The zero-order valence-electron chi connectivity index (χ0n) is 13.3. The minimum absolute atomic E-state index is 0.775. The van der Waals surface area contributed by atoms with Crippen molar-refractivity contribution in [2.45, 2.75) is 43.7 Å². The smallest absolute Gasteiger partial charge is 0.0223 e. The van der Waals surface area contributed by atoms with Crippen LogP contribution in [0.2, 0.25) is 0 Å². The quantitative estimate of drug-likeness (QED) is 0.808. The van der Waals surface area contributed by atoms with Crippen LogP contribution in [0.4, 0.5) is 0 Å². The van der Waals surface area contributed by atoms with Crippen molar-refractivity contribution in [3.63, 3.8) is 0 Å². The minimum Gasteiger partial charge on any atom is -0.311 e. The molecule has 3 saturated heterocycles. The molecule has 2 nitrogen and oxygen atoms in total. The monoisotopic (exact) mass is 304 g/mol. The fourth-order valence-corrected chi connectivity index (χ4v) is 4.46. The molecule has 3 aliphatic rings. The standard InChI is InChI=1S/C18H28N2S/c1-3-15-13-20-9-8-16(15)10-17(20)12-19-11-14-4-6-18(21-2)7-5-14/h4-7,15-17,19H,3,8-13H2,1-2H3/t15-,16+,17-/m1/s1. The number of rotatable bonds is 6. The van der Waals surface area contributed by atoms with Gasteiger partial charge in [-0.2, -0.15) is 0 Å². The van der Waals surface area contributed by atoms with Crippen molar-refractivity contribution in [2.24, 2.45) is 11.8 Å². The van der Waals surface area contributed by atoms with Gasteiger partial charge in [-0.05, 0) is 55.2 Å². The first-order valence-electron chi connectivity index (χ1n) is 8.37. The molecule has 3 heterocycles. The molecule has 0 amide bonds. The molecule has 3 heteroatoms. The summed E-state index contributed by atoms with van der Waals surface area (Å²) in [7, 11) is 0. The van der Waals surface area contributed by atoms with Crippen LogP contribution in [0.3, 0.4) is 0 Å². The molecule has 1 unspecified atom stereocenters. The van der Waals surface area contributed by atoms with Gasteiger partial charge in [-0.15, -0.1) is 11.8 Å². The van der Waals surface area contributed by atoms with Crippen molar-refractivity contribution in [3.8, 4) is 0 Å². The fourth-order valence-electron chi connectivity index (χ4n) is 4.05. The summed E-state index contributed by atoms with van der Waals surface area (Å²) in [6.07, 6.45) is 6.34. The van der Waals surface area contributed by atoms with Crippen LogP contribution in [0.15, 0.2) is 29.2 Å². The second-order valence-corrected chi connectivity index (χ2v) is 7.46. The number of hydrogen-bond acceptors (Lipinski definition) is 3. The van der Waals surface area contributed by atoms with Gasteiger partial charge in [0.1, 0.15) is 0 Å². The van der Waals surface area contributed by atoms with E-state index >= 15 is 0 Å². The van der Waals surface area contributed by atoms with Gasteiger partial charge in [0.2, 0.25) is 0 Å². The summed E-state index contributed by atoms with van der Waals surface area (Å²) in [5, 5.41) is 3.68. The average Bonchev–Trinajstić information content (AvgIpc) is 2.56. The lowest BCUT2D eigenvalue weighted by Gasteiger charge is -2.50. The van der Waals surface area contributed by atoms with Gasteiger partial charge >= 0.3 is 0 Å². The molecule has 4 atom stereocenters. The summed E-state index contributed by atoms with van der Waals surface area (Å²) >= 11 is 1.81. The molecule has 0 spiro atoms. The van der Waals surface area contributed by atoms with Crippen LogP contribution >= 0.6 is 11.8 Å². The van der Waals surface area contributed by atoms with Crippen molar-refractivity contribution in [3.05, 3.63) is 29.8 Å². The van der Waals surface area contributed by atoms with Crippen LogP contribution in [0.25, 0.3) is 0 Å². The Hall–Kier alpha value is -0.510.